The number of benzene rings is 2. The van der Waals surface area contributed by atoms with Crippen LogP contribution in [0.2, 0.25) is 0 Å². The first-order chi connectivity index (χ1) is 17.8. The predicted molar refractivity (Wildman–Crippen MR) is 129 cm³/mol. The maximum absolute atomic E-state index is 15.0. The van der Waals surface area contributed by atoms with Gasteiger partial charge in [0.2, 0.25) is 0 Å². The van der Waals surface area contributed by atoms with Crippen molar-refractivity contribution in [2.24, 2.45) is 0 Å². The van der Waals surface area contributed by atoms with Crippen molar-refractivity contribution in [2.45, 2.75) is 48.4 Å². The molecule has 1 aliphatic rings. The molecule has 7 nitrogen and oxygen atoms in total. The molecule has 204 valence electrons. The van der Waals surface area contributed by atoms with Gasteiger partial charge in [-0.15, -0.1) is 0 Å². The Bertz CT molecular complexity index is 1390. The van der Waals surface area contributed by atoms with Gasteiger partial charge in [0.15, 0.2) is 11.6 Å². The lowest BCUT2D eigenvalue weighted by Crippen LogP contribution is -2.46. The lowest BCUT2D eigenvalue weighted by molar-refractivity contribution is -0.137. The highest BCUT2D eigenvalue weighted by Gasteiger charge is 2.36. The number of nitrogens with one attached hydrogen (secondary N) is 1. The number of hydrogen-bond acceptors (Lipinski definition) is 6. The zero-order valence-corrected chi connectivity index (χ0v) is 21.2. The Morgan fingerprint density at radius 3 is 2.47 bits per heavy atom. The molecule has 0 aliphatic heterocycles. The molecule has 38 heavy (non-hydrogen) atoms. The number of likely N-dealkylation sites (N-methyl/N-ethyl adjacent to an activating group) is 1. The standard InChI is InChI=1S/C25H25F5N4O3S/c1-34(2)20-11-16(15-4-3-5-17(10-15)25(28,29)30)6-7-21(20)37-22-12-19(27)23(13-18(22)26)38(35,36)33-24-8-9-31-14-32-24/h3-5,8-10,12-14,16,20-21H,6-7,11H2,1-2H3,(H,31,32,33)/t16-,20-,21-/m0/s1. The molecule has 0 saturated heterocycles. The minimum Gasteiger partial charge on any atom is -0.486 e. The van der Waals surface area contributed by atoms with E-state index in [0.717, 1.165) is 18.5 Å². The molecule has 13 heteroatoms. The van der Waals surface area contributed by atoms with E-state index >= 15 is 0 Å². The summed E-state index contributed by atoms with van der Waals surface area (Å²) in [6, 6.07) is 7.32. The van der Waals surface area contributed by atoms with Crippen LogP contribution in [0.5, 0.6) is 5.75 Å². The number of sulfonamides is 1. The highest BCUT2D eigenvalue weighted by Crippen LogP contribution is 2.39. The third-order valence-electron chi connectivity index (χ3n) is 6.48. The van der Waals surface area contributed by atoms with Crippen molar-refractivity contribution in [3.63, 3.8) is 0 Å². The van der Waals surface area contributed by atoms with Crippen molar-refractivity contribution in [1.82, 2.24) is 14.9 Å². The average Bonchev–Trinajstić information content (AvgIpc) is 2.86. The smallest absolute Gasteiger partial charge is 0.416 e. The molecule has 0 amide bonds. The Labute approximate surface area is 216 Å². The van der Waals surface area contributed by atoms with Gasteiger partial charge in [0, 0.05) is 24.4 Å². The zero-order valence-electron chi connectivity index (χ0n) is 20.4. The molecule has 1 saturated carbocycles. The largest absolute Gasteiger partial charge is 0.486 e. The average molecular weight is 557 g/mol. The third kappa shape index (κ3) is 6.21. The van der Waals surface area contributed by atoms with Crippen LogP contribution >= 0.6 is 0 Å². The summed E-state index contributed by atoms with van der Waals surface area (Å²) in [5.74, 6) is -3.06. The SMILES string of the molecule is CN(C)[C@H]1C[C@@H](c2cccc(C(F)(F)F)c2)CC[C@@H]1Oc1cc(F)c(S(=O)(=O)Nc2ccncn2)cc1F. The molecule has 3 aromatic rings. The topological polar surface area (TPSA) is 84.4 Å². The molecule has 1 aliphatic carbocycles. The lowest BCUT2D eigenvalue weighted by atomic mass is 9.79. The van der Waals surface area contributed by atoms with Crippen LogP contribution in [0.1, 0.15) is 36.3 Å². The first-order valence-corrected chi connectivity index (χ1v) is 13.1. The van der Waals surface area contributed by atoms with Gasteiger partial charge in [-0.2, -0.15) is 13.2 Å². The normalized spacial score (nSPS) is 20.4. The van der Waals surface area contributed by atoms with E-state index in [2.05, 4.69) is 14.7 Å². The van der Waals surface area contributed by atoms with Gasteiger partial charge < -0.3 is 9.64 Å². The number of aromatic nitrogens is 2. The molecule has 0 unspecified atom stereocenters. The Balaban J connectivity index is 1.52. The number of nitrogens with zero attached hydrogens (tertiary/aromatic N) is 3. The molecular weight excluding hydrogens is 531 g/mol. The summed E-state index contributed by atoms with van der Waals surface area (Å²) in [4.78, 5) is 8.26. The van der Waals surface area contributed by atoms with E-state index in [9.17, 15) is 30.4 Å². The predicted octanol–water partition coefficient (Wildman–Crippen LogP) is 5.22. The second kappa shape index (κ2) is 10.8. The van der Waals surface area contributed by atoms with Crippen molar-refractivity contribution in [3.8, 4) is 5.75 Å². The molecule has 1 N–H and O–H groups in total. The van der Waals surface area contributed by atoms with E-state index in [-0.39, 0.29) is 17.8 Å². The van der Waals surface area contributed by atoms with Crippen LogP contribution in [0.4, 0.5) is 27.8 Å². The van der Waals surface area contributed by atoms with E-state index < -0.39 is 50.1 Å². The Kier molecular flexibility index (Phi) is 7.88. The van der Waals surface area contributed by atoms with Gasteiger partial charge in [0.25, 0.3) is 10.0 Å². The van der Waals surface area contributed by atoms with Crippen molar-refractivity contribution in [2.75, 3.05) is 18.8 Å². The first-order valence-electron chi connectivity index (χ1n) is 11.6. The van der Waals surface area contributed by atoms with Gasteiger partial charge >= 0.3 is 6.18 Å². The summed E-state index contributed by atoms with van der Waals surface area (Å²) in [5, 5.41) is 0. The Morgan fingerprint density at radius 2 is 1.82 bits per heavy atom. The zero-order chi connectivity index (χ0) is 27.7. The minimum absolute atomic E-state index is 0.119. The summed E-state index contributed by atoms with van der Waals surface area (Å²) in [6.07, 6.45) is -1.43. The van der Waals surface area contributed by atoms with Gasteiger partial charge in [0.1, 0.15) is 29.0 Å². The monoisotopic (exact) mass is 556 g/mol. The van der Waals surface area contributed by atoms with Crippen LogP contribution in [0.15, 0.2) is 59.9 Å². The summed E-state index contributed by atoms with van der Waals surface area (Å²) in [5.41, 5.74) is -0.176. The maximum atomic E-state index is 15.0. The molecule has 0 spiro atoms. The quantitative estimate of drug-likeness (QED) is 0.402. The molecule has 1 heterocycles. The summed E-state index contributed by atoms with van der Waals surface area (Å²) >= 11 is 0. The molecule has 0 radical (unpaired) electrons. The second-order valence-electron chi connectivity index (χ2n) is 9.23. The molecule has 3 atom stereocenters. The van der Waals surface area contributed by atoms with Crippen molar-refractivity contribution < 1.29 is 35.1 Å². The summed E-state index contributed by atoms with van der Waals surface area (Å²) in [7, 11) is -0.962. The van der Waals surface area contributed by atoms with Crippen LogP contribution in [0.25, 0.3) is 0 Å². The Hall–Kier alpha value is -3.32. The number of ether oxygens (including phenoxy) is 1. The molecular formula is C25H25F5N4O3S. The van der Waals surface area contributed by atoms with Gasteiger partial charge in [-0.1, -0.05) is 18.2 Å². The van der Waals surface area contributed by atoms with Crippen molar-refractivity contribution in [3.05, 3.63) is 77.8 Å². The van der Waals surface area contributed by atoms with Crippen molar-refractivity contribution >= 4 is 15.8 Å². The fourth-order valence-electron chi connectivity index (χ4n) is 4.58. The van der Waals surface area contributed by atoms with Crippen LogP contribution in [-0.2, 0) is 16.2 Å². The van der Waals surface area contributed by atoms with E-state index in [4.69, 9.17) is 4.74 Å². The van der Waals surface area contributed by atoms with Gasteiger partial charge in [-0.3, -0.25) is 4.72 Å². The van der Waals surface area contributed by atoms with Crippen LogP contribution in [0, 0.1) is 11.6 Å². The lowest BCUT2D eigenvalue weighted by Gasteiger charge is -2.40. The minimum atomic E-state index is -4.49. The molecule has 1 aromatic heterocycles. The number of rotatable bonds is 7. The second-order valence-corrected chi connectivity index (χ2v) is 10.9. The van der Waals surface area contributed by atoms with E-state index in [1.54, 1.807) is 20.2 Å². The summed E-state index contributed by atoms with van der Waals surface area (Å²) in [6.45, 7) is 0. The van der Waals surface area contributed by atoms with Crippen LogP contribution in [-0.4, -0.2) is 49.5 Å². The van der Waals surface area contributed by atoms with Gasteiger partial charge in [0.05, 0.1) is 5.56 Å². The van der Waals surface area contributed by atoms with Crippen molar-refractivity contribution in [1.29, 1.82) is 0 Å². The van der Waals surface area contributed by atoms with E-state index in [0.29, 0.717) is 37.0 Å². The highest BCUT2D eigenvalue weighted by molar-refractivity contribution is 7.92. The molecule has 1 fully saturated rings. The number of alkyl halides is 3. The number of halogens is 5. The van der Waals surface area contributed by atoms with Gasteiger partial charge in [-0.25, -0.2) is 27.2 Å². The summed E-state index contributed by atoms with van der Waals surface area (Å²) < 4.78 is 102. The Morgan fingerprint density at radius 1 is 1.05 bits per heavy atom. The highest BCUT2D eigenvalue weighted by atomic mass is 32.2. The fraction of sp³-hybridized carbons (Fsp3) is 0.360. The number of hydrogen-bond donors (Lipinski definition) is 1. The van der Waals surface area contributed by atoms with Gasteiger partial charge in [-0.05, 0) is 57.0 Å². The number of anilines is 1. The third-order valence-corrected chi connectivity index (χ3v) is 7.85. The first kappa shape index (κ1) is 27.7. The van der Waals surface area contributed by atoms with Crippen LogP contribution in [0.3, 0.4) is 0 Å². The van der Waals surface area contributed by atoms with Crippen LogP contribution < -0.4 is 9.46 Å². The fourth-order valence-corrected chi connectivity index (χ4v) is 5.67. The molecule has 0 bridgehead atoms. The maximum Gasteiger partial charge on any atom is 0.416 e. The van der Waals surface area contributed by atoms with E-state index in [1.165, 1.54) is 18.3 Å². The molecule has 4 rings (SSSR count). The van der Waals surface area contributed by atoms with E-state index in [1.807, 2.05) is 4.90 Å². The molecule has 2 aromatic carbocycles.